The molecule has 116 valence electrons. The first-order valence-corrected chi connectivity index (χ1v) is 7.72. The van der Waals surface area contributed by atoms with Gasteiger partial charge in [-0.15, -0.1) is 0 Å². The van der Waals surface area contributed by atoms with E-state index in [4.69, 9.17) is 8.85 Å². The number of halogens is 1. The standard InChI is InChI=1S/C14H21BrN4O2/c1-9(20)7-16-13-14(19-12(15)8-17-13)18-10-3-5-11(21-2)6-4-10/h8,10-11H,3-7H2,1-2H3,(H,16,17)(H,18,19)/t10-,11-/i2D3. The van der Waals surface area contributed by atoms with Gasteiger partial charge in [-0.25, -0.2) is 9.97 Å². The Morgan fingerprint density at radius 2 is 2.24 bits per heavy atom. The minimum absolute atomic E-state index is 0.00740. The summed E-state index contributed by atoms with van der Waals surface area (Å²) in [6.45, 7) is 1.68. The monoisotopic (exact) mass is 359 g/mol. The second-order valence-electron chi connectivity index (χ2n) is 5.18. The highest BCUT2D eigenvalue weighted by molar-refractivity contribution is 9.10. The number of nitrogens with one attached hydrogen (secondary N) is 2. The van der Waals surface area contributed by atoms with Crippen LogP contribution in [0.4, 0.5) is 11.6 Å². The number of rotatable bonds is 6. The van der Waals surface area contributed by atoms with Crippen molar-refractivity contribution in [2.24, 2.45) is 0 Å². The molecule has 2 N–H and O–H groups in total. The number of ether oxygens (including phenoxy) is 1. The van der Waals surface area contributed by atoms with Crippen LogP contribution >= 0.6 is 15.9 Å². The summed E-state index contributed by atoms with van der Waals surface area (Å²) in [5.74, 6) is 1.10. The van der Waals surface area contributed by atoms with E-state index in [0.29, 0.717) is 29.1 Å². The van der Waals surface area contributed by atoms with Gasteiger partial charge in [0.05, 0.1) is 23.0 Å². The Labute approximate surface area is 137 Å². The smallest absolute Gasteiger partial charge is 0.170 e. The van der Waals surface area contributed by atoms with Crippen molar-refractivity contribution in [1.29, 1.82) is 0 Å². The van der Waals surface area contributed by atoms with Crippen molar-refractivity contribution in [3.05, 3.63) is 10.8 Å². The van der Waals surface area contributed by atoms with Crippen LogP contribution in [0.25, 0.3) is 0 Å². The van der Waals surface area contributed by atoms with Gasteiger partial charge in [-0.05, 0) is 48.5 Å². The highest BCUT2D eigenvalue weighted by Gasteiger charge is 2.22. The van der Waals surface area contributed by atoms with Crippen molar-refractivity contribution in [3.63, 3.8) is 0 Å². The van der Waals surface area contributed by atoms with E-state index in [1.54, 1.807) is 6.20 Å². The number of nitrogens with zero attached hydrogens (tertiary/aromatic N) is 2. The Morgan fingerprint density at radius 1 is 1.48 bits per heavy atom. The average Bonchev–Trinajstić information content (AvgIpc) is 2.47. The molecule has 0 bridgehead atoms. The van der Waals surface area contributed by atoms with Gasteiger partial charge in [-0.2, -0.15) is 0 Å². The van der Waals surface area contributed by atoms with Crippen LogP contribution in [0.15, 0.2) is 10.8 Å². The first-order chi connectivity index (χ1) is 11.2. The quantitative estimate of drug-likeness (QED) is 0.812. The number of aromatic nitrogens is 2. The molecule has 1 aromatic heterocycles. The zero-order chi connectivity index (χ0) is 17.7. The fraction of sp³-hybridized carbons (Fsp3) is 0.643. The van der Waals surface area contributed by atoms with Gasteiger partial charge in [0, 0.05) is 13.1 Å². The van der Waals surface area contributed by atoms with Crippen LogP contribution in [-0.4, -0.2) is 41.5 Å². The summed E-state index contributed by atoms with van der Waals surface area (Å²) >= 11 is 3.29. The van der Waals surface area contributed by atoms with E-state index < -0.39 is 7.04 Å². The van der Waals surface area contributed by atoms with E-state index in [1.165, 1.54) is 6.92 Å². The Hall–Kier alpha value is -1.21. The summed E-state index contributed by atoms with van der Waals surface area (Å²) in [6.07, 6.45) is 4.23. The molecule has 21 heavy (non-hydrogen) atoms. The minimum atomic E-state index is -2.34. The molecule has 2 rings (SSSR count). The van der Waals surface area contributed by atoms with E-state index in [-0.39, 0.29) is 24.5 Å². The predicted molar refractivity (Wildman–Crippen MR) is 85.6 cm³/mol. The number of methoxy groups -OCH3 is 1. The summed E-state index contributed by atoms with van der Waals surface area (Å²) < 4.78 is 27.2. The van der Waals surface area contributed by atoms with E-state index in [9.17, 15) is 4.79 Å². The van der Waals surface area contributed by atoms with Crippen molar-refractivity contribution in [1.82, 2.24) is 9.97 Å². The predicted octanol–water partition coefficient (Wildman–Crippen LogP) is 2.61. The SMILES string of the molecule is [2H]C([2H])([2H])O[C@H]1CC[C@H](Nc2nc(Br)cnc2NCC(C)=O)CC1. The zero-order valence-corrected chi connectivity index (χ0v) is 13.4. The molecule has 0 saturated heterocycles. The molecule has 1 heterocycles. The van der Waals surface area contributed by atoms with Gasteiger partial charge < -0.3 is 15.4 Å². The maximum absolute atomic E-state index is 11.1. The average molecular weight is 360 g/mol. The summed E-state index contributed by atoms with van der Waals surface area (Å²) in [5, 5.41) is 6.29. The molecule has 1 aliphatic rings. The Morgan fingerprint density at radius 3 is 2.90 bits per heavy atom. The van der Waals surface area contributed by atoms with Crippen molar-refractivity contribution in [2.75, 3.05) is 24.2 Å². The maximum atomic E-state index is 11.1. The molecular formula is C14H21BrN4O2. The van der Waals surface area contributed by atoms with Gasteiger partial charge in [0.2, 0.25) is 0 Å². The van der Waals surface area contributed by atoms with E-state index in [1.807, 2.05) is 0 Å². The topological polar surface area (TPSA) is 76.1 Å². The lowest BCUT2D eigenvalue weighted by molar-refractivity contribution is -0.115. The van der Waals surface area contributed by atoms with Gasteiger partial charge in [-0.1, -0.05) is 0 Å². The molecule has 0 unspecified atom stereocenters. The van der Waals surface area contributed by atoms with Crippen LogP contribution in [0.1, 0.15) is 36.7 Å². The van der Waals surface area contributed by atoms with E-state index in [2.05, 4.69) is 36.5 Å². The lowest BCUT2D eigenvalue weighted by Gasteiger charge is -2.29. The molecule has 0 aliphatic heterocycles. The number of hydrogen-bond acceptors (Lipinski definition) is 6. The van der Waals surface area contributed by atoms with Crippen LogP contribution in [0.3, 0.4) is 0 Å². The van der Waals surface area contributed by atoms with Crippen LogP contribution in [0.2, 0.25) is 0 Å². The molecule has 1 saturated carbocycles. The van der Waals surface area contributed by atoms with Crippen molar-refractivity contribution >= 4 is 33.3 Å². The Kier molecular flexibility index (Phi) is 4.53. The van der Waals surface area contributed by atoms with Crippen LogP contribution in [-0.2, 0) is 9.53 Å². The summed E-state index contributed by atoms with van der Waals surface area (Å²) in [4.78, 5) is 19.8. The molecule has 0 spiro atoms. The normalized spacial score (nSPS) is 24.6. The first kappa shape index (κ1) is 12.3. The van der Waals surface area contributed by atoms with E-state index in [0.717, 1.165) is 12.8 Å². The largest absolute Gasteiger partial charge is 0.381 e. The maximum Gasteiger partial charge on any atom is 0.170 e. The summed E-state index contributed by atoms with van der Waals surface area (Å²) in [7, 11) is -2.34. The molecule has 0 atom stereocenters. The summed E-state index contributed by atoms with van der Waals surface area (Å²) in [5.41, 5.74) is 0. The van der Waals surface area contributed by atoms with E-state index >= 15 is 0 Å². The third-order valence-corrected chi connectivity index (χ3v) is 3.81. The highest BCUT2D eigenvalue weighted by Crippen LogP contribution is 2.26. The number of carbonyl (C=O) groups excluding carboxylic acids is 1. The fourth-order valence-electron chi connectivity index (χ4n) is 2.32. The number of anilines is 2. The summed E-state index contributed by atoms with van der Waals surface area (Å²) in [6, 6.07) is 0.155. The van der Waals surface area contributed by atoms with Gasteiger partial charge in [0.25, 0.3) is 0 Å². The number of Topliss-reactive ketones (excluding diaryl/α,β-unsaturated/α-hetero) is 1. The Bertz CT molecular complexity index is 578. The molecule has 1 fully saturated rings. The minimum Gasteiger partial charge on any atom is -0.381 e. The molecule has 0 radical (unpaired) electrons. The van der Waals surface area contributed by atoms with Crippen molar-refractivity contribution < 1.29 is 13.6 Å². The van der Waals surface area contributed by atoms with Crippen molar-refractivity contribution in [3.8, 4) is 0 Å². The van der Waals surface area contributed by atoms with Crippen LogP contribution < -0.4 is 10.6 Å². The van der Waals surface area contributed by atoms with Gasteiger partial charge >= 0.3 is 0 Å². The molecule has 0 aromatic carbocycles. The van der Waals surface area contributed by atoms with Gasteiger partial charge in [0.1, 0.15) is 10.4 Å². The zero-order valence-electron chi connectivity index (χ0n) is 14.9. The number of carbonyl (C=O) groups is 1. The molecule has 7 heteroatoms. The number of ketones is 1. The second kappa shape index (κ2) is 7.70. The van der Waals surface area contributed by atoms with Gasteiger partial charge in [0.15, 0.2) is 11.6 Å². The van der Waals surface area contributed by atoms with Crippen molar-refractivity contribution in [2.45, 2.75) is 44.8 Å². The third kappa shape index (κ3) is 4.93. The molecule has 6 nitrogen and oxygen atoms in total. The van der Waals surface area contributed by atoms with Crippen LogP contribution in [0, 0.1) is 0 Å². The molecule has 0 amide bonds. The highest BCUT2D eigenvalue weighted by atomic mass is 79.9. The number of hydrogen-bond donors (Lipinski definition) is 2. The second-order valence-corrected chi connectivity index (χ2v) is 5.99. The van der Waals surface area contributed by atoms with Gasteiger partial charge in [-0.3, -0.25) is 4.79 Å². The Balaban J connectivity index is 1.94. The third-order valence-electron chi connectivity index (χ3n) is 3.43. The fourth-order valence-corrected chi connectivity index (χ4v) is 2.60. The lowest BCUT2D eigenvalue weighted by Crippen LogP contribution is -2.30. The molecule has 1 aromatic rings. The molecule has 1 aliphatic carbocycles. The molecular weight excluding hydrogens is 336 g/mol. The lowest BCUT2D eigenvalue weighted by atomic mass is 9.93. The first-order valence-electron chi connectivity index (χ1n) is 8.43. The van der Waals surface area contributed by atoms with Crippen LogP contribution in [0.5, 0.6) is 0 Å².